The molecule has 0 aliphatic carbocycles. The minimum absolute atomic E-state index is 0.929. The largest absolute Gasteiger partial charge is 0.299 e. The highest BCUT2D eigenvalue weighted by atomic mass is 15.1. The third kappa shape index (κ3) is 2.86. The highest BCUT2D eigenvalue weighted by Crippen LogP contribution is 2.13. The van der Waals surface area contributed by atoms with Gasteiger partial charge in [-0.3, -0.25) is 4.90 Å². The number of hydrogen-bond acceptors (Lipinski definition) is 2. The van der Waals surface area contributed by atoms with Gasteiger partial charge in [0.25, 0.3) is 0 Å². The SMILES string of the molecule is N#CC#Cc1cccc(CN2CCCC2)c1. The average Bonchev–Trinajstić information content (AvgIpc) is 2.80. The smallest absolute Gasteiger partial charge is 0.152 e. The Labute approximate surface area is 96.5 Å². The molecule has 0 bridgehead atoms. The van der Waals surface area contributed by atoms with E-state index in [0.717, 1.165) is 12.1 Å². The Hall–Kier alpha value is -1.77. The van der Waals surface area contributed by atoms with Crippen LogP contribution in [0, 0.1) is 23.2 Å². The molecule has 1 aliphatic rings. The summed E-state index contributed by atoms with van der Waals surface area (Å²) in [6.07, 6.45) is 2.63. The lowest BCUT2D eigenvalue weighted by Gasteiger charge is -2.14. The molecule has 80 valence electrons. The molecule has 1 heterocycles. The zero-order valence-electron chi connectivity index (χ0n) is 9.24. The van der Waals surface area contributed by atoms with Crippen LogP contribution in [0.25, 0.3) is 0 Å². The topological polar surface area (TPSA) is 27.0 Å². The molecule has 0 spiro atoms. The van der Waals surface area contributed by atoms with E-state index in [1.807, 2.05) is 18.2 Å². The van der Waals surface area contributed by atoms with Crippen molar-refractivity contribution >= 4 is 0 Å². The highest BCUT2D eigenvalue weighted by molar-refractivity contribution is 5.39. The monoisotopic (exact) mass is 210 g/mol. The first kappa shape index (κ1) is 10.7. The maximum atomic E-state index is 8.39. The van der Waals surface area contributed by atoms with Gasteiger partial charge in [0.1, 0.15) is 0 Å². The fourth-order valence-corrected chi connectivity index (χ4v) is 2.05. The van der Waals surface area contributed by atoms with Crippen LogP contribution in [-0.4, -0.2) is 18.0 Å². The summed E-state index contributed by atoms with van der Waals surface area (Å²) in [7, 11) is 0. The Balaban J connectivity index is 2.07. The van der Waals surface area contributed by atoms with Crippen LogP contribution in [-0.2, 0) is 6.54 Å². The number of likely N-dealkylation sites (tertiary alicyclic amines) is 1. The summed E-state index contributed by atoms with van der Waals surface area (Å²) < 4.78 is 0. The van der Waals surface area contributed by atoms with Crippen LogP contribution in [0.2, 0.25) is 0 Å². The molecule has 1 aromatic rings. The van der Waals surface area contributed by atoms with Crippen molar-refractivity contribution in [3.05, 3.63) is 35.4 Å². The van der Waals surface area contributed by atoms with Gasteiger partial charge in [0, 0.05) is 18.0 Å². The maximum Gasteiger partial charge on any atom is 0.152 e. The minimum Gasteiger partial charge on any atom is -0.299 e. The van der Waals surface area contributed by atoms with E-state index in [1.165, 1.54) is 31.5 Å². The van der Waals surface area contributed by atoms with Crippen molar-refractivity contribution in [3.8, 4) is 17.9 Å². The van der Waals surface area contributed by atoms with Crippen LogP contribution in [0.5, 0.6) is 0 Å². The van der Waals surface area contributed by atoms with Gasteiger partial charge in [0.2, 0.25) is 0 Å². The van der Waals surface area contributed by atoms with Gasteiger partial charge < -0.3 is 0 Å². The summed E-state index contributed by atoms with van der Waals surface area (Å²) in [5.74, 6) is 5.26. The number of benzene rings is 1. The molecule has 1 saturated heterocycles. The molecule has 2 rings (SSSR count). The lowest BCUT2D eigenvalue weighted by Crippen LogP contribution is -2.18. The first-order valence-electron chi connectivity index (χ1n) is 5.60. The first-order valence-corrected chi connectivity index (χ1v) is 5.60. The minimum atomic E-state index is 0.929. The lowest BCUT2D eigenvalue weighted by atomic mass is 10.1. The molecular weight excluding hydrogens is 196 g/mol. The molecule has 0 aromatic heterocycles. The molecule has 2 heteroatoms. The molecule has 16 heavy (non-hydrogen) atoms. The van der Waals surface area contributed by atoms with Crippen molar-refractivity contribution in [2.75, 3.05) is 13.1 Å². The van der Waals surface area contributed by atoms with Crippen LogP contribution in [0.1, 0.15) is 24.0 Å². The van der Waals surface area contributed by atoms with Gasteiger partial charge in [0.05, 0.1) is 0 Å². The predicted molar refractivity (Wildman–Crippen MR) is 63.4 cm³/mol. The van der Waals surface area contributed by atoms with Crippen LogP contribution in [0.15, 0.2) is 24.3 Å². The fraction of sp³-hybridized carbons (Fsp3) is 0.357. The molecule has 1 fully saturated rings. The standard InChI is InChI=1S/C14H14N2/c15-8-4-7-13-5-3-6-14(11-13)12-16-9-1-2-10-16/h3,5-6,11H,1-2,9-10,12H2. The van der Waals surface area contributed by atoms with E-state index in [0.29, 0.717) is 0 Å². The molecule has 1 aliphatic heterocycles. The normalized spacial score (nSPS) is 15.2. The zero-order valence-corrected chi connectivity index (χ0v) is 9.24. The summed E-state index contributed by atoms with van der Waals surface area (Å²) in [6.45, 7) is 3.41. The van der Waals surface area contributed by atoms with Crippen LogP contribution in [0.3, 0.4) is 0 Å². The molecule has 0 amide bonds. The Morgan fingerprint density at radius 2 is 2.06 bits per heavy atom. The van der Waals surface area contributed by atoms with Crippen molar-refractivity contribution in [2.24, 2.45) is 0 Å². The average molecular weight is 210 g/mol. The van der Waals surface area contributed by atoms with Gasteiger partial charge in [0.15, 0.2) is 6.07 Å². The Kier molecular flexibility index (Phi) is 3.59. The molecule has 1 aromatic carbocycles. The second-order valence-electron chi connectivity index (χ2n) is 4.05. The number of hydrogen-bond donors (Lipinski definition) is 0. The van der Waals surface area contributed by atoms with Crippen molar-refractivity contribution in [3.63, 3.8) is 0 Å². The summed E-state index contributed by atoms with van der Waals surface area (Å²) in [5.41, 5.74) is 2.21. The van der Waals surface area contributed by atoms with E-state index in [4.69, 9.17) is 5.26 Å². The fourth-order valence-electron chi connectivity index (χ4n) is 2.05. The van der Waals surface area contributed by atoms with Crippen LogP contribution < -0.4 is 0 Å². The molecule has 2 nitrogen and oxygen atoms in total. The first-order chi connectivity index (χ1) is 7.88. The summed E-state index contributed by atoms with van der Waals surface area (Å²) in [5, 5.41) is 8.39. The summed E-state index contributed by atoms with van der Waals surface area (Å²) in [6, 6.07) is 9.98. The second kappa shape index (κ2) is 5.35. The van der Waals surface area contributed by atoms with Crippen molar-refractivity contribution in [2.45, 2.75) is 19.4 Å². The zero-order chi connectivity index (χ0) is 11.2. The molecule has 0 unspecified atom stereocenters. The van der Waals surface area contributed by atoms with Crippen LogP contribution in [0.4, 0.5) is 0 Å². The molecule has 0 atom stereocenters. The van der Waals surface area contributed by atoms with Gasteiger partial charge in [-0.15, -0.1) is 0 Å². The molecule has 0 saturated carbocycles. The molecule has 0 N–H and O–H groups in total. The van der Waals surface area contributed by atoms with Crippen molar-refractivity contribution in [1.29, 1.82) is 5.26 Å². The van der Waals surface area contributed by atoms with E-state index >= 15 is 0 Å². The van der Waals surface area contributed by atoms with Crippen LogP contribution >= 0.6 is 0 Å². The molecule has 0 radical (unpaired) electrons. The van der Waals surface area contributed by atoms with Gasteiger partial charge >= 0.3 is 0 Å². The van der Waals surface area contributed by atoms with Crippen molar-refractivity contribution in [1.82, 2.24) is 4.90 Å². The van der Waals surface area contributed by atoms with E-state index in [1.54, 1.807) is 0 Å². The maximum absolute atomic E-state index is 8.39. The number of nitrogens with zero attached hydrogens (tertiary/aromatic N) is 2. The quantitative estimate of drug-likeness (QED) is 0.699. The highest BCUT2D eigenvalue weighted by Gasteiger charge is 2.11. The molecular formula is C14H14N2. The Bertz CT molecular complexity index is 454. The Morgan fingerprint density at radius 3 is 2.81 bits per heavy atom. The van der Waals surface area contributed by atoms with E-state index in [9.17, 15) is 0 Å². The summed E-state index contributed by atoms with van der Waals surface area (Å²) >= 11 is 0. The predicted octanol–water partition coefficient (Wildman–Crippen LogP) is 2.16. The third-order valence-electron chi connectivity index (χ3n) is 2.79. The van der Waals surface area contributed by atoms with Gasteiger partial charge in [-0.25, -0.2) is 0 Å². The second-order valence-corrected chi connectivity index (χ2v) is 4.05. The van der Waals surface area contributed by atoms with Crippen molar-refractivity contribution < 1.29 is 0 Å². The van der Waals surface area contributed by atoms with Gasteiger partial charge in [-0.05, 0) is 43.6 Å². The van der Waals surface area contributed by atoms with Gasteiger partial charge in [-0.2, -0.15) is 5.26 Å². The van der Waals surface area contributed by atoms with Gasteiger partial charge in [-0.1, -0.05) is 18.1 Å². The summed E-state index contributed by atoms with van der Waals surface area (Å²) in [4.78, 5) is 2.46. The van der Waals surface area contributed by atoms with E-state index < -0.39 is 0 Å². The third-order valence-corrected chi connectivity index (χ3v) is 2.79. The van der Waals surface area contributed by atoms with E-state index in [2.05, 4.69) is 28.9 Å². The lowest BCUT2D eigenvalue weighted by molar-refractivity contribution is 0.331. The number of rotatable bonds is 2. The van der Waals surface area contributed by atoms with E-state index in [-0.39, 0.29) is 0 Å². The Morgan fingerprint density at radius 1 is 1.25 bits per heavy atom. The number of nitriles is 1.